The van der Waals surface area contributed by atoms with E-state index in [9.17, 15) is 5.26 Å². The summed E-state index contributed by atoms with van der Waals surface area (Å²) in [6.45, 7) is 0. The van der Waals surface area contributed by atoms with Crippen LogP contribution in [-0.2, 0) is 0 Å². The van der Waals surface area contributed by atoms with Crippen LogP contribution in [0.5, 0.6) is 0 Å². The van der Waals surface area contributed by atoms with Gasteiger partial charge in [0.05, 0.1) is 23.0 Å². The maximum absolute atomic E-state index is 9.53. The minimum absolute atomic E-state index is 0.682. The first-order valence-corrected chi connectivity index (χ1v) is 8.19. The van der Waals surface area contributed by atoms with Crippen LogP contribution in [0.2, 0.25) is 0 Å². The highest BCUT2D eigenvalue weighted by Gasteiger charge is 2.24. The Hall–Kier alpha value is -3.58. The van der Waals surface area contributed by atoms with Crippen LogP contribution in [0.15, 0.2) is 72.7 Å². The minimum atomic E-state index is 0.682. The van der Waals surface area contributed by atoms with Crippen LogP contribution in [0.4, 0.5) is 0 Å². The average molecular weight is 322 g/mol. The van der Waals surface area contributed by atoms with Gasteiger partial charge in [0, 0.05) is 35.9 Å². The zero-order valence-corrected chi connectivity index (χ0v) is 13.4. The number of hydrogen-bond donors (Lipinski definition) is 0. The van der Waals surface area contributed by atoms with Crippen LogP contribution < -0.4 is 0 Å². The van der Waals surface area contributed by atoms with Gasteiger partial charge in [-0.1, -0.05) is 30.4 Å². The standard InChI is InChI=1S/C21H14N4/c22-13-15-5-1-2-7-17(15)18-8-3-6-16-14-24-11-4-9-19(24)21-23-10-12-25(21)20(16)18/h1-5,7-12,14H,6H2. The molecule has 0 unspecified atom stereocenters. The molecule has 2 aliphatic rings. The van der Waals surface area contributed by atoms with E-state index in [1.807, 2.05) is 48.9 Å². The molecule has 0 saturated carbocycles. The van der Waals surface area contributed by atoms with Gasteiger partial charge in [-0.2, -0.15) is 5.26 Å². The quantitative estimate of drug-likeness (QED) is 0.666. The number of allylic oxidation sites excluding steroid dienone is 5. The number of aromatic nitrogens is 3. The lowest BCUT2D eigenvalue weighted by atomic mass is 9.91. The second-order valence-electron chi connectivity index (χ2n) is 6.10. The molecule has 0 spiro atoms. The number of nitrogens with zero attached hydrogens (tertiary/aromatic N) is 4. The number of benzene rings is 1. The Morgan fingerprint density at radius 1 is 1.08 bits per heavy atom. The minimum Gasteiger partial charge on any atom is -0.320 e. The second-order valence-corrected chi connectivity index (χ2v) is 6.10. The molecule has 0 atom stereocenters. The summed E-state index contributed by atoms with van der Waals surface area (Å²) in [6.07, 6.45) is 13.2. The predicted octanol–water partition coefficient (Wildman–Crippen LogP) is 4.41. The predicted molar refractivity (Wildman–Crippen MR) is 98.0 cm³/mol. The first-order valence-electron chi connectivity index (χ1n) is 8.19. The van der Waals surface area contributed by atoms with Gasteiger partial charge < -0.3 is 4.57 Å². The zero-order valence-electron chi connectivity index (χ0n) is 13.4. The number of rotatable bonds is 1. The molecule has 1 aliphatic carbocycles. The van der Waals surface area contributed by atoms with Gasteiger partial charge in [0.15, 0.2) is 5.82 Å². The molecule has 0 bridgehead atoms. The van der Waals surface area contributed by atoms with Gasteiger partial charge in [0.1, 0.15) is 0 Å². The molecule has 25 heavy (non-hydrogen) atoms. The smallest absolute Gasteiger partial charge is 0.161 e. The van der Waals surface area contributed by atoms with Gasteiger partial charge in [0.25, 0.3) is 0 Å². The van der Waals surface area contributed by atoms with Crippen molar-refractivity contribution in [3.8, 4) is 17.6 Å². The Bertz CT molecular complexity index is 1130. The fourth-order valence-electron chi connectivity index (χ4n) is 3.62. The third-order valence-electron chi connectivity index (χ3n) is 4.70. The Morgan fingerprint density at radius 3 is 2.92 bits per heavy atom. The van der Waals surface area contributed by atoms with Gasteiger partial charge in [-0.3, -0.25) is 4.57 Å². The molecule has 4 heteroatoms. The molecule has 1 aliphatic heterocycles. The summed E-state index contributed by atoms with van der Waals surface area (Å²) in [7, 11) is 0. The van der Waals surface area contributed by atoms with E-state index in [0.29, 0.717) is 5.56 Å². The van der Waals surface area contributed by atoms with Crippen molar-refractivity contribution in [3.05, 3.63) is 83.8 Å². The van der Waals surface area contributed by atoms with E-state index in [0.717, 1.165) is 34.8 Å². The molecule has 4 nitrogen and oxygen atoms in total. The summed E-state index contributed by atoms with van der Waals surface area (Å²) in [5.74, 6) is 0.911. The highest BCUT2D eigenvalue weighted by Crippen LogP contribution is 2.40. The van der Waals surface area contributed by atoms with Crippen LogP contribution in [0, 0.1) is 11.3 Å². The van der Waals surface area contributed by atoms with Crippen molar-refractivity contribution in [2.75, 3.05) is 0 Å². The molecule has 2 aromatic heterocycles. The summed E-state index contributed by atoms with van der Waals surface area (Å²) in [5.41, 5.74) is 6.06. The number of nitriles is 1. The molecule has 1 aromatic carbocycles. The normalized spacial score (nSPS) is 14.9. The Balaban J connectivity index is 1.88. The first-order chi connectivity index (χ1) is 12.4. The van der Waals surface area contributed by atoms with Crippen LogP contribution in [0.1, 0.15) is 17.5 Å². The molecule has 0 saturated heterocycles. The van der Waals surface area contributed by atoms with Crippen molar-refractivity contribution >= 4 is 17.5 Å². The molecular formula is C21H14N4. The average Bonchev–Trinajstić information content (AvgIpc) is 3.28. The van der Waals surface area contributed by atoms with E-state index in [1.54, 1.807) is 0 Å². The fourth-order valence-corrected chi connectivity index (χ4v) is 3.62. The van der Waals surface area contributed by atoms with E-state index < -0.39 is 0 Å². The van der Waals surface area contributed by atoms with E-state index in [1.165, 1.54) is 5.57 Å². The maximum atomic E-state index is 9.53. The van der Waals surface area contributed by atoms with Gasteiger partial charge >= 0.3 is 0 Å². The van der Waals surface area contributed by atoms with Crippen LogP contribution in [0.25, 0.3) is 29.0 Å². The van der Waals surface area contributed by atoms with Gasteiger partial charge in [0.2, 0.25) is 0 Å². The number of hydrogen-bond acceptors (Lipinski definition) is 2. The summed E-state index contributed by atoms with van der Waals surface area (Å²) >= 11 is 0. The summed E-state index contributed by atoms with van der Waals surface area (Å²) < 4.78 is 4.26. The zero-order chi connectivity index (χ0) is 16.8. The number of fused-ring (bicyclic) bond motifs is 5. The largest absolute Gasteiger partial charge is 0.320 e. The molecular weight excluding hydrogens is 308 g/mol. The third-order valence-corrected chi connectivity index (χ3v) is 4.70. The molecule has 0 fully saturated rings. The molecule has 0 amide bonds. The molecule has 5 rings (SSSR count). The maximum Gasteiger partial charge on any atom is 0.161 e. The number of imidazole rings is 1. The summed E-state index contributed by atoms with van der Waals surface area (Å²) in [4.78, 5) is 4.58. The van der Waals surface area contributed by atoms with Crippen LogP contribution in [-0.4, -0.2) is 14.1 Å². The Kier molecular flexibility index (Phi) is 2.88. The SMILES string of the molecule is N#Cc1ccccc1C1=C2C(=Cn3cccc3-c3nccn32)CC=C1. The lowest BCUT2D eigenvalue weighted by Gasteiger charge is -2.20. The fraction of sp³-hybridized carbons (Fsp3) is 0.0476. The lowest BCUT2D eigenvalue weighted by Crippen LogP contribution is -2.06. The van der Waals surface area contributed by atoms with Gasteiger partial charge in [-0.05, 0) is 30.2 Å². The first kappa shape index (κ1) is 13.8. The molecule has 3 aromatic rings. The van der Waals surface area contributed by atoms with Crippen molar-refractivity contribution in [2.45, 2.75) is 6.42 Å². The van der Waals surface area contributed by atoms with E-state index in [-0.39, 0.29) is 0 Å². The van der Waals surface area contributed by atoms with Crippen molar-refractivity contribution in [3.63, 3.8) is 0 Å². The molecule has 118 valence electrons. The highest BCUT2D eigenvalue weighted by molar-refractivity contribution is 6.00. The monoisotopic (exact) mass is 322 g/mol. The van der Waals surface area contributed by atoms with E-state index in [2.05, 4.69) is 44.6 Å². The third kappa shape index (κ3) is 1.96. The summed E-state index contributed by atoms with van der Waals surface area (Å²) in [6, 6.07) is 14.2. The van der Waals surface area contributed by atoms with Crippen molar-refractivity contribution < 1.29 is 0 Å². The van der Waals surface area contributed by atoms with Gasteiger partial charge in [-0.25, -0.2) is 4.98 Å². The van der Waals surface area contributed by atoms with Crippen molar-refractivity contribution in [1.82, 2.24) is 14.1 Å². The Morgan fingerprint density at radius 2 is 2.00 bits per heavy atom. The molecule has 3 heterocycles. The van der Waals surface area contributed by atoms with E-state index >= 15 is 0 Å². The van der Waals surface area contributed by atoms with Gasteiger partial charge in [-0.15, -0.1) is 0 Å². The topological polar surface area (TPSA) is 46.5 Å². The van der Waals surface area contributed by atoms with Crippen molar-refractivity contribution in [1.29, 1.82) is 5.26 Å². The summed E-state index contributed by atoms with van der Waals surface area (Å²) in [5, 5.41) is 9.53. The van der Waals surface area contributed by atoms with Crippen LogP contribution >= 0.6 is 0 Å². The lowest BCUT2D eigenvalue weighted by molar-refractivity contribution is 1.07. The van der Waals surface area contributed by atoms with Crippen molar-refractivity contribution in [2.24, 2.45) is 0 Å². The highest BCUT2D eigenvalue weighted by atomic mass is 15.1. The molecule has 0 radical (unpaired) electrons. The Labute approximate surface area is 145 Å². The van der Waals surface area contributed by atoms with E-state index in [4.69, 9.17) is 0 Å². The molecule has 0 N–H and O–H groups in total. The van der Waals surface area contributed by atoms with Crippen LogP contribution in [0.3, 0.4) is 0 Å². The second kappa shape index (κ2) is 5.22.